The van der Waals surface area contributed by atoms with Crippen molar-refractivity contribution in [2.45, 2.75) is 5.92 Å². The number of nitrogens with zero attached hydrogens (tertiary/aromatic N) is 3. The van der Waals surface area contributed by atoms with E-state index in [1.165, 1.54) is 4.90 Å². The van der Waals surface area contributed by atoms with Crippen LogP contribution in [0, 0.1) is 0 Å². The van der Waals surface area contributed by atoms with Crippen molar-refractivity contribution in [3.05, 3.63) is 21.6 Å². The number of rotatable bonds is 1. The van der Waals surface area contributed by atoms with E-state index in [1.807, 2.05) is 0 Å². The van der Waals surface area contributed by atoms with Gasteiger partial charge in [-0.25, -0.2) is 14.8 Å². The van der Waals surface area contributed by atoms with E-state index >= 15 is 0 Å². The highest BCUT2D eigenvalue weighted by Crippen LogP contribution is 2.30. The zero-order valence-corrected chi connectivity index (χ0v) is 9.86. The smallest absolute Gasteiger partial charge is 0.407 e. The molecule has 1 aromatic heterocycles. The molecule has 0 unspecified atom stereocenters. The Balaban J connectivity index is 2.12. The number of carbonyl (C=O) groups is 1. The summed E-state index contributed by atoms with van der Waals surface area (Å²) in [5, 5.41) is 8.86. The highest BCUT2D eigenvalue weighted by atomic mass is 79.9. The third kappa shape index (κ3) is 2.05. The summed E-state index contributed by atoms with van der Waals surface area (Å²) < 4.78 is 0.766. The van der Waals surface area contributed by atoms with Gasteiger partial charge in [0.25, 0.3) is 0 Å². The first-order valence-corrected chi connectivity index (χ1v) is 5.41. The first kappa shape index (κ1) is 10.6. The van der Waals surface area contributed by atoms with Crippen LogP contribution in [0.3, 0.4) is 0 Å². The van der Waals surface area contributed by atoms with Crippen molar-refractivity contribution in [3.63, 3.8) is 0 Å². The maximum absolute atomic E-state index is 10.6. The number of aromatic nitrogens is 2. The third-order valence-electron chi connectivity index (χ3n) is 2.28. The van der Waals surface area contributed by atoms with Crippen molar-refractivity contribution in [1.29, 1.82) is 0 Å². The maximum Gasteiger partial charge on any atom is 0.407 e. The van der Waals surface area contributed by atoms with E-state index in [-0.39, 0.29) is 11.2 Å². The van der Waals surface area contributed by atoms with Gasteiger partial charge >= 0.3 is 6.09 Å². The summed E-state index contributed by atoms with van der Waals surface area (Å²) in [6, 6.07) is 0. The number of hydrogen-bond acceptors (Lipinski definition) is 3. The first-order chi connectivity index (χ1) is 7.08. The molecule has 0 atom stereocenters. The summed E-state index contributed by atoms with van der Waals surface area (Å²) in [4.78, 5) is 19.8. The fraction of sp³-hybridized carbons (Fsp3) is 0.375. The van der Waals surface area contributed by atoms with Gasteiger partial charge < -0.3 is 10.0 Å². The quantitative estimate of drug-likeness (QED) is 0.804. The van der Waals surface area contributed by atoms with Gasteiger partial charge in [-0.05, 0) is 27.5 Å². The van der Waals surface area contributed by atoms with Gasteiger partial charge in [0.05, 0.1) is 10.2 Å². The van der Waals surface area contributed by atoms with E-state index in [0.29, 0.717) is 13.1 Å². The Morgan fingerprint density at radius 2 is 2.33 bits per heavy atom. The fourth-order valence-corrected chi connectivity index (χ4v) is 2.11. The molecule has 1 amide bonds. The Kier molecular flexibility index (Phi) is 2.79. The molecule has 5 nitrogen and oxygen atoms in total. The highest BCUT2D eigenvalue weighted by Gasteiger charge is 2.33. The lowest BCUT2D eigenvalue weighted by atomic mass is 9.97. The second-order valence-electron chi connectivity index (χ2n) is 3.26. The second kappa shape index (κ2) is 3.94. The molecule has 0 spiro atoms. The first-order valence-electron chi connectivity index (χ1n) is 4.23. The van der Waals surface area contributed by atoms with Crippen LogP contribution in [0.25, 0.3) is 0 Å². The number of halogens is 2. The predicted molar refractivity (Wildman–Crippen MR) is 57.1 cm³/mol. The van der Waals surface area contributed by atoms with Crippen molar-refractivity contribution >= 4 is 33.6 Å². The maximum atomic E-state index is 10.6. The monoisotopic (exact) mass is 291 g/mol. The predicted octanol–water partition coefficient (Wildman–Crippen LogP) is 1.97. The minimum absolute atomic E-state index is 0.107. The van der Waals surface area contributed by atoms with Gasteiger partial charge in [-0.3, -0.25) is 0 Å². The molecule has 1 saturated heterocycles. The summed E-state index contributed by atoms with van der Waals surface area (Å²) in [6.45, 7) is 0.919. The summed E-state index contributed by atoms with van der Waals surface area (Å²) in [7, 11) is 0. The van der Waals surface area contributed by atoms with Crippen LogP contribution in [0.2, 0.25) is 5.28 Å². The van der Waals surface area contributed by atoms with Crippen LogP contribution >= 0.6 is 27.5 Å². The minimum Gasteiger partial charge on any atom is -0.465 e. The van der Waals surface area contributed by atoms with Crippen LogP contribution in [0.5, 0.6) is 0 Å². The molecule has 2 heterocycles. The van der Waals surface area contributed by atoms with E-state index in [1.54, 1.807) is 6.20 Å². The zero-order chi connectivity index (χ0) is 11.0. The van der Waals surface area contributed by atoms with Gasteiger partial charge in [-0.15, -0.1) is 0 Å². The van der Waals surface area contributed by atoms with Crippen molar-refractivity contribution in [2.75, 3.05) is 13.1 Å². The Hall–Kier alpha value is -0.880. The van der Waals surface area contributed by atoms with Gasteiger partial charge in [0.2, 0.25) is 5.28 Å². The summed E-state index contributed by atoms with van der Waals surface area (Å²) in [5.74, 6) is 0.107. The van der Waals surface area contributed by atoms with Crippen LogP contribution in [-0.4, -0.2) is 39.2 Å². The number of amides is 1. The van der Waals surface area contributed by atoms with Gasteiger partial charge in [0.15, 0.2) is 0 Å². The van der Waals surface area contributed by atoms with E-state index in [2.05, 4.69) is 25.9 Å². The molecule has 15 heavy (non-hydrogen) atoms. The van der Waals surface area contributed by atoms with Gasteiger partial charge in [-0.2, -0.15) is 0 Å². The molecular weight excluding hydrogens is 285 g/mol. The highest BCUT2D eigenvalue weighted by molar-refractivity contribution is 9.10. The average molecular weight is 293 g/mol. The number of carboxylic acid groups (broad SMARTS) is 1. The SMILES string of the molecule is O=C(O)N1CC(c2nc(Cl)ncc2Br)C1. The summed E-state index contributed by atoms with van der Waals surface area (Å²) in [6.07, 6.45) is 0.677. The molecule has 0 radical (unpaired) electrons. The van der Waals surface area contributed by atoms with E-state index in [4.69, 9.17) is 16.7 Å². The van der Waals surface area contributed by atoms with Gasteiger partial charge in [-0.1, -0.05) is 0 Å². The van der Waals surface area contributed by atoms with Gasteiger partial charge in [0, 0.05) is 25.2 Å². The third-order valence-corrected chi connectivity index (χ3v) is 3.07. The topological polar surface area (TPSA) is 66.3 Å². The Morgan fingerprint density at radius 1 is 1.67 bits per heavy atom. The number of hydrogen-bond donors (Lipinski definition) is 1. The van der Waals surface area contributed by atoms with Crippen molar-refractivity contribution in [2.24, 2.45) is 0 Å². The minimum atomic E-state index is -0.900. The van der Waals surface area contributed by atoms with Crippen molar-refractivity contribution in [1.82, 2.24) is 14.9 Å². The van der Waals surface area contributed by atoms with E-state index in [9.17, 15) is 4.79 Å². The average Bonchev–Trinajstić information content (AvgIpc) is 2.08. The molecule has 7 heteroatoms. The molecule has 1 aliphatic heterocycles. The molecule has 0 aliphatic carbocycles. The summed E-state index contributed by atoms with van der Waals surface area (Å²) >= 11 is 8.98. The molecule has 1 aliphatic rings. The van der Waals surface area contributed by atoms with Gasteiger partial charge in [0.1, 0.15) is 0 Å². The normalized spacial score (nSPS) is 16.3. The Bertz CT molecular complexity index is 409. The van der Waals surface area contributed by atoms with Crippen molar-refractivity contribution < 1.29 is 9.90 Å². The molecule has 1 fully saturated rings. The van der Waals surface area contributed by atoms with E-state index < -0.39 is 6.09 Å². The number of likely N-dealkylation sites (tertiary alicyclic amines) is 1. The zero-order valence-electron chi connectivity index (χ0n) is 7.52. The molecule has 80 valence electrons. The molecule has 2 rings (SSSR count). The van der Waals surface area contributed by atoms with Crippen molar-refractivity contribution in [3.8, 4) is 0 Å². The molecular formula is C8H7BrClN3O2. The molecule has 1 N–H and O–H groups in total. The molecule has 0 saturated carbocycles. The lowest BCUT2D eigenvalue weighted by Crippen LogP contribution is -2.48. The Morgan fingerprint density at radius 3 is 2.93 bits per heavy atom. The standard InChI is InChI=1S/C8H7BrClN3O2/c9-5-1-11-7(10)12-6(5)4-2-13(3-4)8(14)15/h1,4H,2-3H2,(H,14,15). The fourth-order valence-electron chi connectivity index (χ4n) is 1.45. The molecule has 0 aromatic carbocycles. The van der Waals surface area contributed by atoms with Crippen LogP contribution in [0.1, 0.15) is 11.6 Å². The largest absolute Gasteiger partial charge is 0.465 e. The second-order valence-corrected chi connectivity index (χ2v) is 4.45. The van der Waals surface area contributed by atoms with E-state index in [0.717, 1.165) is 10.2 Å². The molecule has 0 bridgehead atoms. The Labute approximate surface area is 99.2 Å². The lowest BCUT2D eigenvalue weighted by Gasteiger charge is -2.36. The summed E-state index contributed by atoms with van der Waals surface area (Å²) in [5.41, 5.74) is 0.771. The van der Waals surface area contributed by atoms with Crippen LogP contribution in [0.15, 0.2) is 10.7 Å². The van der Waals surface area contributed by atoms with Crippen LogP contribution < -0.4 is 0 Å². The molecule has 1 aromatic rings. The van der Waals surface area contributed by atoms with Crippen LogP contribution in [-0.2, 0) is 0 Å². The lowest BCUT2D eigenvalue weighted by molar-refractivity contribution is 0.104. The van der Waals surface area contributed by atoms with Crippen LogP contribution in [0.4, 0.5) is 4.79 Å².